The summed E-state index contributed by atoms with van der Waals surface area (Å²) in [5, 5.41) is 8.31. The summed E-state index contributed by atoms with van der Waals surface area (Å²) in [6, 6.07) is 6.47. The van der Waals surface area contributed by atoms with E-state index >= 15 is 0 Å². The van der Waals surface area contributed by atoms with Crippen LogP contribution >= 0.6 is 0 Å². The van der Waals surface area contributed by atoms with Crippen molar-refractivity contribution in [1.82, 2.24) is 15.0 Å². The molecule has 0 aliphatic rings. The monoisotopic (exact) mass is 258 g/mol. The van der Waals surface area contributed by atoms with Gasteiger partial charge in [0.1, 0.15) is 0 Å². The van der Waals surface area contributed by atoms with Gasteiger partial charge < -0.3 is 5.73 Å². The van der Waals surface area contributed by atoms with Gasteiger partial charge in [-0.15, -0.1) is 5.10 Å². The summed E-state index contributed by atoms with van der Waals surface area (Å²) in [7, 11) is 0. The maximum Gasteiger partial charge on any atom is 0.0994 e. The Bertz CT molecular complexity index is 545. The van der Waals surface area contributed by atoms with Gasteiger partial charge in [-0.3, -0.25) is 0 Å². The van der Waals surface area contributed by atoms with Crippen molar-refractivity contribution in [3.05, 3.63) is 46.8 Å². The molecule has 0 spiro atoms. The second-order valence-electron chi connectivity index (χ2n) is 5.15. The fraction of sp³-hybridized carbons (Fsp3) is 0.467. The molecule has 2 aromatic rings. The largest absolute Gasteiger partial charge is 0.323 e. The highest BCUT2D eigenvalue weighted by molar-refractivity contribution is 5.29. The molecule has 0 fully saturated rings. The average molecular weight is 258 g/mol. The van der Waals surface area contributed by atoms with Gasteiger partial charge in [-0.05, 0) is 37.0 Å². The van der Waals surface area contributed by atoms with Gasteiger partial charge in [0.2, 0.25) is 0 Å². The first-order valence-corrected chi connectivity index (χ1v) is 6.82. The van der Waals surface area contributed by atoms with Crippen molar-refractivity contribution in [2.75, 3.05) is 0 Å². The maximum absolute atomic E-state index is 6.04. The molecule has 0 saturated heterocycles. The van der Waals surface area contributed by atoms with Crippen LogP contribution in [0.25, 0.3) is 0 Å². The molecule has 4 heteroatoms. The summed E-state index contributed by atoms with van der Waals surface area (Å²) in [6.45, 7) is 7.12. The van der Waals surface area contributed by atoms with Gasteiger partial charge in [0, 0.05) is 0 Å². The van der Waals surface area contributed by atoms with E-state index in [9.17, 15) is 0 Å². The number of aromatic nitrogens is 3. The predicted octanol–water partition coefficient (Wildman–Crippen LogP) is 2.74. The molecule has 1 unspecified atom stereocenters. The van der Waals surface area contributed by atoms with Crippen molar-refractivity contribution in [3.8, 4) is 0 Å². The normalized spacial score (nSPS) is 12.6. The Morgan fingerprint density at radius 2 is 2.05 bits per heavy atom. The highest BCUT2D eigenvalue weighted by Crippen LogP contribution is 2.14. The van der Waals surface area contributed by atoms with Crippen molar-refractivity contribution in [1.29, 1.82) is 0 Å². The van der Waals surface area contributed by atoms with E-state index in [1.54, 1.807) is 0 Å². The van der Waals surface area contributed by atoms with E-state index in [1.807, 2.05) is 10.9 Å². The Balaban J connectivity index is 2.09. The molecule has 0 radical (unpaired) electrons. The standard InChI is InChI=1S/C15H22N4/c1-4-5-14(16)15-10-19(18-17-15)9-13-7-6-11(2)12(3)8-13/h6-8,10,14H,4-5,9,16H2,1-3H3. The minimum absolute atomic E-state index is 0.00139. The lowest BCUT2D eigenvalue weighted by atomic mass is 10.1. The van der Waals surface area contributed by atoms with E-state index < -0.39 is 0 Å². The third-order valence-corrected chi connectivity index (χ3v) is 3.45. The lowest BCUT2D eigenvalue weighted by molar-refractivity contribution is 0.617. The zero-order chi connectivity index (χ0) is 13.8. The van der Waals surface area contributed by atoms with Crippen molar-refractivity contribution >= 4 is 0 Å². The lowest BCUT2D eigenvalue weighted by Gasteiger charge is -2.06. The van der Waals surface area contributed by atoms with Crippen LogP contribution in [0.2, 0.25) is 0 Å². The van der Waals surface area contributed by atoms with E-state index in [1.165, 1.54) is 16.7 Å². The molecule has 2 rings (SSSR count). The number of nitrogens with zero attached hydrogens (tertiary/aromatic N) is 3. The smallest absolute Gasteiger partial charge is 0.0994 e. The van der Waals surface area contributed by atoms with Crippen LogP contribution in [-0.4, -0.2) is 15.0 Å². The molecule has 0 bridgehead atoms. The molecular weight excluding hydrogens is 236 g/mol. The summed E-state index contributed by atoms with van der Waals surface area (Å²) < 4.78 is 1.86. The van der Waals surface area contributed by atoms with E-state index in [-0.39, 0.29) is 6.04 Å². The Kier molecular flexibility index (Phi) is 4.32. The quantitative estimate of drug-likeness (QED) is 0.897. The van der Waals surface area contributed by atoms with Gasteiger partial charge in [-0.25, -0.2) is 4.68 Å². The minimum atomic E-state index is -0.00139. The van der Waals surface area contributed by atoms with Crippen molar-refractivity contribution in [2.45, 2.75) is 46.2 Å². The second-order valence-corrected chi connectivity index (χ2v) is 5.15. The zero-order valence-corrected chi connectivity index (χ0v) is 11.9. The summed E-state index contributed by atoms with van der Waals surface area (Å²) >= 11 is 0. The molecule has 102 valence electrons. The topological polar surface area (TPSA) is 56.7 Å². The fourth-order valence-electron chi connectivity index (χ4n) is 2.11. The number of hydrogen-bond acceptors (Lipinski definition) is 3. The Morgan fingerprint density at radius 3 is 2.74 bits per heavy atom. The highest BCUT2D eigenvalue weighted by Gasteiger charge is 2.09. The number of hydrogen-bond donors (Lipinski definition) is 1. The first-order valence-electron chi connectivity index (χ1n) is 6.82. The number of aryl methyl sites for hydroxylation is 2. The second kappa shape index (κ2) is 5.97. The predicted molar refractivity (Wildman–Crippen MR) is 76.9 cm³/mol. The molecule has 1 heterocycles. The van der Waals surface area contributed by atoms with E-state index in [2.05, 4.69) is 49.3 Å². The highest BCUT2D eigenvalue weighted by atomic mass is 15.4. The van der Waals surface area contributed by atoms with Crippen LogP contribution in [0.1, 0.15) is 48.2 Å². The maximum atomic E-state index is 6.04. The molecular formula is C15H22N4. The van der Waals surface area contributed by atoms with Gasteiger partial charge in [-0.2, -0.15) is 0 Å². The van der Waals surface area contributed by atoms with Crippen LogP contribution in [0.3, 0.4) is 0 Å². The Hall–Kier alpha value is -1.68. The van der Waals surface area contributed by atoms with Crippen LogP contribution < -0.4 is 5.73 Å². The molecule has 0 saturated carbocycles. The van der Waals surface area contributed by atoms with Gasteiger partial charge in [0.25, 0.3) is 0 Å². The summed E-state index contributed by atoms with van der Waals surface area (Å²) in [5.74, 6) is 0. The van der Waals surface area contributed by atoms with Gasteiger partial charge in [0.15, 0.2) is 0 Å². The third kappa shape index (κ3) is 3.41. The summed E-state index contributed by atoms with van der Waals surface area (Å²) in [5.41, 5.74) is 10.8. The zero-order valence-electron chi connectivity index (χ0n) is 11.9. The van der Waals surface area contributed by atoms with E-state index in [4.69, 9.17) is 5.73 Å². The van der Waals surface area contributed by atoms with Crippen molar-refractivity contribution in [3.63, 3.8) is 0 Å². The number of rotatable bonds is 5. The van der Waals surface area contributed by atoms with Crippen LogP contribution in [0.5, 0.6) is 0 Å². The number of nitrogens with two attached hydrogens (primary N) is 1. The third-order valence-electron chi connectivity index (χ3n) is 3.45. The van der Waals surface area contributed by atoms with Gasteiger partial charge in [-0.1, -0.05) is 36.8 Å². The molecule has 1 atom stereocenters. The SMILES string of the molecule is CCCC(N)c1cn(Cc2ccc(C)c(C)c2)nn1. The van der Waals surface area contributed by atoms with Crippen LogP contribution in [0.15, 0.2) is 24.4 Å². The molecule has 0 amide bonds. The van der Waals surface area contributed by atoms with Crippen molar-refractivity contribution < 1.29 is 0 Å². The first kappa shape index (κ1) is 13.7. The number of benzene rings is 1. The minimum Gasteiger partial charge on any atom is -0.323 e. The van der Waals surface area contributed by atoms with Crippen LogP contribution in [0.4, 0.5) is 0 Å². The lowest BCUT2D eigenvalue weighted by Crippen LogP contribution is -2.10. The van der Waals surface area contributed by atoms with Crippen LogP contribution in [0, 0.1) is 13.8 Å². The van der Waals surface area contributed by atoms with Gasteiger partial charge in [0.05, 0.1) is 24.5 Å². The molecule has 0 aliphatic carbocycles. The molecule has 1 aromatic carbocycles. The first-order chi connectivity index (χ1) is 9.10. The molecule has 4 nitrogen and oxygen atoms in total. The van der Waals surface area contributed by atoms with Gasteiger partial charge >= 0.3 is 0 Å². The molecule has 2 N–H and O–H groups in total. The fourth-order valence-corrected chi connectivity index (χ4v) is 2.11. The molecule has 1 aromatic heterocycles. The van der Waals surface area contributed by atoms with E-state index in [0.717, 1.165) is 25.1 Å². The Morgan fingerprint density at radius 1 is 1.26 bits per heavy atom. The van der Waals surface area contributed by atoms with Crippen molar-refractivity contribution in [2.24, 2.45) is 5.73 Å². The average Bonchev–Trinajstić information content (AvgIpc) is 2.83. The molecule has 19 heavy (non-hydrogen) atoms. The van der Waals surface area contributed by atoms with Crippen LogP contribution in [-0.2, 0) is 6.54 Å². The Labute approximate surface area is 114 Å². The summed E-state index contributed by atoms with van der Waals surface area (Å²) in [6.07, 6.45) is 3.96. The summed E-state index contributed by atoms with van der Waals surface area (Å²) in [4.78, 5) is 0. The van der Waals surface area contributed by atoms with E-state index in [0.29, 0.717) is 0 Å². The molecule has 0 aliphatic heterocycles.